The van der Waals surface area contributed by atoms with Gasteiger partial charge in [-0.2, -0.15) is 5.10 Å². The van der Waals surface area contributed by atoms with Crippen molar-refractivity contribution in [3.63, 3.8) is 0 Å². The minimum absolute atomic E-state index is 0.0906. The summed E-state index contributed by atoms with van der Waals surface area (Å²) in [6, 6.07) is 1.90. The summed E-state index contributed by atoms with van der Waals surface area (Å²) in [6.45, 7) is 5.67. The van der Waals surface area contributed by atoms with Gasteiger partial charge in [-0.05, 0) is 19.4 Å². The SMILES string of the molecule is CC[C@@H](O)c1cc2n(n1)CCN(C(=O)CSc1nnc(C)s1)C2. The summed E-state index contributed by atoms with van der Waals surface area (Å²) in [7, 11) is 0. The van der Waals surface area contributed by atoms with Crippen molar-refractivity contribution < 1.29 is 9.90 Å². The topological polar surface area (TPSA) is 84.1 Å². The molecule has 9 heteroatoms. The van der Waals surface area contributed by atoms with Crippen molar-refractivity contribution in [3.8, 4) is 0 Å². The minimum atomic E-state index is -0.534. The third-order valence-corrected chi connectivity index (χ3v) is 5.68. The van der Waals surface area contributed by atoms with Crippen molar-refractivity contribution in [1.82, 2.24) is 24.9 Å². The van der Waals surface area contributed by atoms with E-state index in [0.717, 1.165) is 15.0 Å². The lowest BCUT2D eigenvalue weighted by Gasteiger charge is -2.27. The van der Waals surface area contributed by atoms with Gasteiger partial charge in [0, 0.05) is 6.54 Å². The Bertz CT molecular complexity index is 699. The number of carbonyl (C=O) groups excluding carboxylic acids is 1. The highest BCUT2D eigenvalue weighted by Crippen LogP contribution is 2.24. The van der Waals surface area contributed by atoms with Crippen molar-refractivity contribution in [2.45, 2.75) is 43.8 Å². The Morgan fingerprint density at radius 3 is 3.00 bits per heavy atom. The molecule has 0 aliphatic carbocycles. The zero-order chi connectivity index (χ0) is 16.4. The Morgan fingerprint density at radius 2 is 2.30 bits per heavy atom. The molecule has 0 saturated carbocycles. The zero-order valence-corrected chi connectivity index (χ0v) is 14.7. The lowest BCUT2D eigenvalue weighted by molar-refractivity contribution is -0.129. The fourth-order valence-electron chi connectivity index (χ4n) is 2.42. The third kappa shape index (κ3) is 3.73. The summed E-state index contributed by atoms with van der Waals surface area (Å²) in [4.78, 5) is 14.2. The van der Waals surface area contributed by atoms with Crippen LogP contribution in [0.4, 0.5) is 0 Å². The Balaban J connectivity index is 1.60. The molecule has 0 aromatic carbocycles. The van der Waals surface area contributed by atoms with Gasteiger partial charge < -0.3 is 10.0 Å². The second-order valence-corrected chi connectivity index (χ2v) is 7.80. The number of aliphatic hydroxyl groups is 1. The van der Waals surface area contributed by atoms with Crippen LogP contribution in [0.3, 0.4) is 0 Å². The molecule has 0 unspecified atom stereocenters. The number of hydrogen-bond acceptors (Lipinski definition) is 7. The molecule has 0 saturated heterocycles. The van der Waals surface area contributed by atoms with Crippen LogP contribution >= 0.6 is 23.1 Å². The van der Waals surface area contributed by atoms with E-state index in [1.165, 1.54) is 23.1 Å². The molecule has 0 radical (unpaired) electrons. The van der Waals surface area contributed by atoms with Crippen LogP contribution in [-0.4, -0.2) is 48.2 Å². The van der Waals surface area contributed by atoms with Crippen LogP contribution in [0.5, 0.6) is 0 Å². The van der Waals surface area contributed by atoms with Crippen LogP contribution in [0.25, 0.3) is 0 Å². The molecule has 1 aliphatic rings. The average Bonchev–Trinajstić information content (AvgIpc) is 3.16. The van der Waals surface area contributed by atoms with Gasteiger partial charge in [0.25, 0.3) is 0 Å². The molecule has 3 rings (SSSR count). The van der Waals surface area contributed by atoms with E-state index in [-0.39, 0.29) is 5.91 Å². The first-order chi connectivity index (χ1) is 11.1. The van der Waals surface area contributed by atoms with Crippen molar-refractivity contribution >= 4 is 29.0 Å². The zero-order valence-electron chi connectivity index (χ0n) is 13.1. The van der Waals surface area contributed by atoms with E-state index in [2.05, 4.69) is 15.3 Å². The Hall–Kier alpha value is -1.45. The Kier molecular flexibility index (Phi) is 4.98. The van der Waals surface area contributed by atoms with Gasteiger partial charge in [-0.25, -0.2) is 0 Å². The fraction of sp³-hybridized carbons (Fsp3) is 0.571. The molecule has 124 valence electrons. The quantitative estimate of drug-likeness (QED) is 0.823. The molecular weight excluding hydrogens is 334 g/mol. The Morgan fingerprint density at radius 1 is 1.48 bits per heavy atom. The average molecular weight is 353 g/mol. The van der Waals surface area contributed by atoms with E-state index in [9.17, 15) is 9.90 Å². The van der Waals surface area contributed by atoms with Crippen LogP contribution in [0.2, 0.25) is 0 Å². The number of fused-ring (bicyclic) bond motifs is 1. The van der Waals surface area contributed by atoms with Gasteiger partial charge in [0.05, 0.1) is 36.3 Å². The van der Waals surface area contributed by atoms with Gasteiger partial charge in [0.15, 0.2) is 4.34 Å². The first-order valence-electron chi connectivity index (χ1n) is 7.52. The molecule has 3 heterocycles. The number of aromatic nitrogens is 4. The number of aliphatic hydroxyl groups excluding tert-OH is 1. The molecule has 23 heavy (non-hydrogen) atoms. The molecule has 1 N–H and O–H groups in total. The molecule has 1 atom stereocenters. The van der Waals surface area contributed by atoms with Gasteiger partial charge in [-0.3, -0.25) is 9.48 Å². The third-order valence-electron chi connectivity index (χ3n) is 3.72. The molecule has 2 aromatic rings. The maximum absolute atomic E-state index is 12.4. The van der Waals surface area contributed by atoms with E-state index in [1.807, 2.05) is 29.5 Å². The van der Waals surface area contributed by atoms with Crippen molar-refractivity contribution in [3.05, 3.63) is 22.5 Å². The van der Waals surface area contributed by atoms with Gasteiger partial charge in [-0.1, -0.05) is 30.0 Å². The van der Waals surface area contributed by atoms with Crippen molar-refractivity contribution in [1.29, 1.82) is 0 Å². The highest BCUT2D eigenvalue weighted by Gasteiger charge is 2.23. The summed E-state index contributed by atoms with van der Waals surface area (Å²) < 4.78 is 2.71. The fourth-order valence-corrected chi connectivity index (χ4v) is 4.14. The maximum atomic E-state index is 12.4. The molecule has 0 spiro atoms. The van der Waals surface area contributed by atoms with Crippen molar-refractivity contribution in [2.24, 2.45) is 0 Å². The predicted octanol–water partition coefficient (Wildman–Crippen LogP) is 1.62. The van der Waals surface area contributed by atoms with E-state index in [4.69, 9.17) is 0 Å². The molecule has 1 amide bonds. The predicted molar refractivity (Wildman–Crippen MR) is 88.3 cm³/mol. The van der Waals surface area contributed by atoms with Crippen LogP contribution in [0.15, 0.2) is 10.4 Å². The second kappa shape index (κ2) is 6.98. The summed E-state index contributed by atoms with van der Waals surface area (Å²) in [5.74, 6) is 0.459. The van der Waals surface area contributed by atoms with Gasteiger partial charge >= 0.3 is 0 Å². The lowest BCUT2D eigenvalue weighted by Crippen LogP contribution is -2.39. The summed E-state index contributed by atoms with van der Waals surface area (Å²) >= 11 is 2.93. The standard InChI is InChI=1S/C14H19N5O2S2/c1-3-12(20)11-6-10-7-18(4-5-19(10)17-11)13(21)8-22-14-16-15-9(2)23-14/h6,12,20H,3-5,7-8H2,1-2H3/t12-/m1/s1. The summed E-state index contributed by atoms with van der Waals surface area (Å²) in [5.41, 5.74) is 1.67. The maximum Gasteiger partial charge on any atom is 0.233 e. The van der Waals surface area contributed by atoms with Gasteiger partial charge in [0.1, 0.15) is 5.01 Å². The molecule has 0 bridgehead atoms. The van der Waals surface area contributed by atoms with E-state index < -0.39 is 6.10 Å². The first kappa shape index (κ1) is 16.4. The number of amides is 1. The molecular formula is C14H19N5O2S2. The molecule has 0 fully saturated rings. The molecule has 2 aromatic heterocycles. The van der Waals surface area contributed by atoms with E-state index >= 15 is 0 Å². The second-order valence-electron chi connectivity index (χ2n) is 5.40. The number of aryl methyl sites for hydroxylation is 1. The number of carbonyl (C=O) groups is 1. The van der Waals surface area contributed by atoms with Gasteiger partial charge in [-0.15, -0.1) is 10.2 Å². The Labute approximate surface area is 142 Å². The van der Waals surface area contributed by atoms with Crippen LogP contribution in [0.1, 0.15) is 35.8 Å². The van der Waals surface area contributed by atoms with Crippen LogP contribution < -0.4 is 0 Å². The first-order valence-corrected chi connectivity index (χ1v) is 9.32. The number of hydrogen-bond donors (Lipinski definition) is 1. The monoisotopic (exact) mass is 353 g/mol. The number of rotatable bonds is 5. The van der Waals surface area contributed by atoms with Crippen LogP contribution in [-0.2, 0) is 17.9 Å². The molecule has 7 nitrogen and oxygen atoms in total. The van der Waals surface area contributed by atoms with E-state index in [1.54, 1.807) is 0 Å². The number of nitrogens with zero attached hydrogens (tertiary/aromatic N) is 5. The molecule has 1 aliphatic heterocycles. The minimum Gasteiger partial charge on any atom is -0.387 e. The van der Waals surface area contributed by atoms with Gasteiger partial charge in [0.2, 0.25) is 5.91 Å². The van der Waals surface area contributed by atoms with E-state index in [0.29, 0.717) is 37.5 Å². The highest BCUT2D eigenvalue weighted by molar-refractivity contribution is 8.01. The van der Waals surface area contributed by atoms with Crippen LogP contribution in [0, 0.1) is 6.92 Å². The highest BCUT2D eigenvalue weighted by atomic mass is 32.2. The normalized spacial score (nSPS) is 15.5. The lowest BCUT2D eigenvalue weighted by atomic mass is 10.2. The number of thioether (sulfide) groups is 1. The van der Waals surface area contributed by atoms with Crippen molar-refractivity contribution in [2.75, 3.05) is 12.3 Å². The summed E-state index contributed by atoms with van der Waals surface area (Å²) in [6.07, 6.45) is 0.102. The largest absolute Gasteiger partial charge is 0.387 e. The smallest absolute Gasteiger partial charge is 0.233 e. The summed E-state index contributed by atoms with van der Waals surface area (Å²) in [5, 5.41) is 23.2.